The molecule has 0 saturated heterocycles. The molecule has 1 aromatic heterocycles. The molecule has 0 radical (unpaired) electrons. The number of benzene rings is 1. The molecule has 0 aliphatic rings. The molecule has 2 rings (SSSR count). The second kappa shape index (κ2) is 4.83. The molecular weight excluding hydrogens is 232 g/mol. The van der Waals surface area contributed by atoms with Crippen LogP contribution in [-0.2, 0) is 9.53 Å². The minimum absolute atomic E-state index is 0.154. The zero-order valence-electron chi connectivity index (χ0n) is 9.79. The van der Waals surface area contributed by atoms with E-state index in [1.54, 1.807) is 18.2 Å². The van der Waals surface area contributed by atoms with Crippen molar-refractivity contribution >= 4 is 22.8 Å². The number of ether oxygens (including phenoxy) is 1. The summed E-state index contributed by atoms with van der Waals surface area (Å²) in [5.74, 6) is -1.35. The molecule has 2 aromatic rings. The molecule has 1 atom stereocenters. The van der Waals surface area contributed by atoms with Crippen LogP contribution < -0.4 is 5.73 Å². The van der Waals surface area contributed by atoms with Gasteiger partial charge in [0.25, 0.3) is 5.91 Å². The van der Waals surface area contributed by atoms with Gasteiger partial charge in [-0.1, -0.05) is 24.3 Å². The van der Waals surface area contributed by atoms with Gasteiger partial charge in [-0.2, -0.15) is 0 Å². The summed E-state index contributed by atoms with van der Waals surface area (Å²) < 4.78 is 4.87. The lowest BCUT2D eigenvalue weighted by Gasteiger charge is -2.09. The fourth-order valence-electron chi connectivity index (χ4n) is 1.46. The van der Waals surface area contributed by atoms with Crippen LogP contribution in [0.1, 0.15) is 17.4 Å². The lowest BCUT2D eigenvalue weighted by Crippen LogP contribution is -2.30. The Morgan fingerprint density at radius 1 is 1.22 bits per heavy atom. The summed E-state index contributed by atoms with van der Waals surface area (Å²) in [5, 5.41) is 0.928. The number of fused-ring (bicyclic) bond motifs is 1. The molecule has 0 bridgehead atoms. The predicted molar refractivity (Wildman–Crippen MR) is 65.8 cm³/mol. The molecule has 1 amide bonds. The number of nitrogens with zero attached hydrogens (tertiary/aromatic N) is 1. The molecule has 0 saturated carbocycles. The third kappa shape index (κ3) is 2.45. The Balaban J connectivity index is 2.25. The monoisotopic (exact) mass is 244 g/mol. The zero-order valence-corrected chi connectivity index (χ0v) is 9.79. The van der Waals surface area contributed by atoms with E-state index in [4.69, 9.17) is 10.5 Å². The van der Waals surface area contributed by atoms with E-state index in [2.05, 4.69) is 4.98 Å². The van der Waals surface area contributed by atoms with E-state index in [0.29, 0.717) is 5.52 Å². The number of nitrogens with two attached hydrogens (primary N) is 1. The van der Waals surface area contributed by atoms with Gasteiger partial charge in [-0.15, -0.1) is 0 Å². The molecule has 0 aliphatic carbocycles. The second-order valence-corrected chi connectivity index (χ2v) is 3.84. The van der Waals surface area contributed by atoms with Crippen LogP contribution >= 0.6 is 0 Å². The van der Waals surface area contributed by atoms with Crippen LogP contribution in [0.4, 0.5) is 0 Å². The van der Waals surface area contributed by atoms with Crippen LogP contribution in [0.3, 0.4) is 0 Å². The van der Waals surface area contributed by atoms with Crippen molar-refractivity contribution in [1.82, 2.24) is 4.98 Å². The van der Waals surface area contributed by atoms with Gasteiger partial charge in [-0.25, -0.2) is 9.78 Å². The van der Waals surface area contributed by atoms with Gasteiger partial charge >= 0.3 is 5.97 Å². The first-order valence-electron chi connectivity index (χ1n) is 5.44. The first-order valence-corrected chi connectivity index (χ1v) is 5.44. The zero-order chi connectivity index (χ0) is 13.1. The standard InChI is InChI=1S/C13H12N2O3/c1-8(12(14)16)18-13(17)11-7-6-9-4-2-3-5-10(9)15-11/h2-8H,1H3,(H2,14,16)/t8-/m0/s1. The van der Waals surface area contributed by atoms with E-state index in [1.807, 2.05) is 18.2 Å². The molecule has 0 spiro atoms. The Kier molecular flexibility index (Phi) is 3.23. The summed E-state index contributed by atoms with van der Waals surface area (Å²) in [4.78, 5) is 26.7. The van der Waals surface area contributed by atoms with Crippen molar-refractivity contribution in [3.8, 4) is 0 Å². The van der Waals surface area contributed by atoms with Crippen molar-refractivity contribution in [2.75, 3.05) is 0 Å². The van der Waals surface area contributed by atoms with Crippen LogP contribution in [-0.4, -0.2) is 23.0 Å². The lowest BCUT2D eigenvalue weighted by atomic mass is 10.2. The van der Waals surface area contributed by atoms with Crippen LogP contribution in [0.5, 0.6) is 0 Å². The normalized spacial score (nSPS) is 12.1. The quantitative estimate of drug-likeness (QED) is 0.824. The summed E-state index contributed by atoms with van der Waals surface area (Å²) in [5.41, 5.74) is 5.86. The molecule has 0 aliphatic heterocycles. The number of carbonyl (C=O) groups is 2. The number of pyridine rings is 1. The van der Waals surface area contributed by atoms with Crippen LogP contribution in [0.15, 0.2) is 36.4 Å². The van der Waals surface area contributed by atoms with Crippen molar-refractivity contribution in [2.45, 2.75) is 13.0 Å². The summed E-state index contributed by atoms with van der Waals surface area (Å²) in [6.07, 6.45) is -0.967. The number of esters is 1. The highest BCUT2D eigenvalue weighted by molar-refractivity contribution is 5.92. The third-order valence-corrected chi connectivity index (χ3v) is 2.49. The Morgan fingerprint density at radius 3 is 2.67 bits per heavy atom. The topological polar surface area (TPSA) is 82.3 Å². The largest absolute Gasteiger partial charge is 0.448 e. The molecule has 2 N–H and O–H groups in total. The average molecular weight is 244 g/mol. The van der Waals surface area contributed by atoms with Gasteiger partial charge in [0.1, 0.15) is 5.69 Å². The minimum atomic E-state index is -0.967. The first-order chi connectivity index (χ1) is 8.58. The summed E-state index contributed by atoms with van der Waals surface area (Å²) >= 11 is 0. The van der Waals surface area contributed by atoms with Gasteiger partial charge < -0.3 is 10.5 Å². The number of rotatable bonds is 3. The fourth-order valence-corrected chi connectivity index (χ4v) is 1.46. The van der Waals surface area contributed by atoms with Gasteiger partial charge in [-0.3, -0.25) is 4.79 Å². The predicted octanol–water partition coefficient (Wildman–Crippen LogP) is 1.27. The van der Waals surface area contributed by atoms with Crippen molar-refractivity contribution in [3.05, 3.63) is 42.1 Å². The molecule has 1 heterocycles. The Morgan fingerprint density at radius 2 is 1.94 bits per heavy atom. The highest BCUT2D eigenvalue weighted by Gasteiger charge is 2.17. The number of primary amides is 1. The Bertz CT molecular complexity index is 610. The van der Waals surface area contributed by atoms with Crippen molar-refractivity contribution in [2.24, 2.45) is 5.73 Å². The van der Waals surface area contributed by atoms with E-state index in [9.17, 15) is 9.59 Å². The van der Waals surface area contributed by atoms with E-state index in [1.165, 1.54) is 6.92 Å². The lowest BCUT2D eigenvalue weighted by molar-refractivity contribution is -0.125. The molecular formula is C13H12N2O3. The molecule has 92 valence electrons. The maximum absolute atomic E-state index is 11.7. The van der Waals surface area contributed by atoms with Crippen LogP contribution in [0.2, 0.25) is 0 Å². The summed E-state index contributed by atoms with van der Waals surface area (Å²) in [6, 6.07) is 10.7. The number of hydrogen-bond donors (Lipinski definition) is 1. The SMILES string of the molecule is C[C@H](OC(=O)c1ccc2ccccc2n1)C(N)=O. The summed E-state index contributed by atoms with van der Waals surface area (Å²) in [7, 11) is 0. The molecule has 18 heavy (non-hydrogen) atoms. The number of carbonyl (C=O) groups excluding carboxylic acids is 2. The number of para-hydroxylation sites is 1. The second-order valence-electron chi connectivity index (χ2n) is 3.84. The van der Waals surface area contributed by atoms with Crippen LogP contribution in [0.25, 0.3) is 10.9 Å². The van der Waals surface area contributed by atoms with Crippen LogP contribution in [0, 0.1) is 0 Å². The van der Waals surface area contributed by atoms with Crippen molar-refractivity contribution in [3.63, 3.8) is 0 Å². The Labute approximate surface area is 104 Å². The highest BCUT2D eigenvalue weighted by Crippen LogP contribution is 2.12. The number of amides is 1. The van der Waals surface area contributed by atoms with Gasteiger partial charge in [0, 0.05) is 5.39 Å². The van der Waals surface area contributed by atoms with E-state index >= 15 is 0 Å². The first kappa shape index (κ1) is 12.0. The van der Waals surface area contributed by atoms with Crippen molar-refractivity contribution < 1.29 is 14.3 Å². The molecule has 5 heteroatoms. The number of aromatic nitrogens is 1. The van der Waals surface area contributed by atoms with Gasteiger partial charge in [0.15, 0.2) is 6.10 Å². The van der Waals surface area contributed by atoms with Gasteiger partial charge in [-0.05, 0) is 19.1 Å². The van der Waals surface area contributed by atoms with E-state index in [0.717, 1.165) is 5.39 Å². The third-order valence-electron chi connectivity index (χ3n) is 2.49. The molecule has 0 unspecified atom stereocenters. The van der Waals surface area contributed by atoms with E-state index < -0.39 is 18.0 Å². The maximum atomic E-state index is 11.7. The number of hydrogen-bond acceptors (Lipinski definition) is 4. The van der Waals surface area contributed by atoms with Crippen molar-refractivity contribution in [1.29, 1.82) is 0 Å². The molecule has 0 fully saturated rings. The van der Waals surface area contributed by atoms with E-state index in [-0.39, 0.29) is 5.69 Å². The van der Waals surface area contributed by atoms with Gasteiger partial charge in [0.2, 0.25) is 0 Å². The molecule has 5 nitrogen and oxygen atoms in total. The Hall–Kier alpha value is -2.43. The minimum Gasteiger partial charge on any atom is -0.448 e. The summed E-state index contributed by atoms with van der Waals surface area (Å²) in [6.45, 7) is 1.42. The van der Waals surface area contributed by atoms with Gasteiger partial charge in [0.05, 0.1) is 5.52 Å². The average Bonchev–Trinajstić information content (AvgIpc) is 2.37. The molecule has 1 aromatic carbocycles. The maximum Gasteiger partial charge on any atom is 0.357 e. The highest BCUT2D eigenvalue weighted by atomic mass is 16.5. The fraction of sp³-hybridized carbons (Fsp3) is 0.154. The smallest absolute Gasteiger partial charge is 0.357 e.